The van der Waals surface area contributed by atoms with E-state index in [-0.39, 0.29) is 30.0 Å². The van der Waals surface area contributed by atoms with Crippen LogP contribution in [0.4, 0.5) is 10.3 Å². The minimum Gasteiger partial charge on any atom is -0.476 e. The van der Waals surface area contributed by atoms with E-state index < -0.39 is 11.2 Å². The second kappa shape index (κ2) is 12.2. The van der Waals surface area contributed by atoms with Crippen LogP contribution < -0.4 is 15.4 Å². The van der Waals surface area contributed by atoms with Gasteiger partial charge in [0.15, 0.2) is 11.6 Å². The zero-order chi connectivity index (χ0) is 24.5. The number of hydrogen-bond donors (Lipinski definition) is 2. The van der Waals surface area contributed by atoms with Crippen molar-refractivity contribution >= 4 is 5.95 Å². The van der Waals surface area contributed by atoms with Gasteiger partial charge in [-0.3, -0.25) is 0 Å². The second-order valence-electron chi connectivity index (χ2n) is 9.04. The third kappa shape index (κ3) is 6.81. The first-order chi connectivity index (χ1) is 17.1. The standard InChI is InChI=1S/C24H32FN7O3/c1-33-13-10-27-17-2-4-18(5-3-17)30-23-29-14-19(25)21(32-23)22-28-9-6-20(31-22)35-16-24(15-26)7-11-34-12-8-24/h6,9,14,17-18,27H,2-5,7-8,10-13,16H2,1H3,(H,29,30,32). The molecule has 0 amide bonds. The van der Waals surface area contributed by atoms with E-state index in [0.29, 0.717) is 44.7 Å². The van der Waals surface area contributed by atoms with Crippen LogP contribution in [0.15, 0.2) is 18.5 Å². The highest BCUT2D eigenvalue weighted by molar-refractivity contribution is 5.52. The maximum atomic E-state index is 14.6. The lowest BCUT2D eigenvalue weighted by Crippen LogP contribution is -2.38. The van der Waals surface area contributed by atoms with Crippen LogP contribution in [-0.2, 0) is 9.47 Å². The number of halogens is 1. The molecule has 1 aliphatic carbocycles. The highest BCUT2D eigenvalue weighted by Gasteiger charge is 2.34. The van der Waals surface area contributed by atoms with Crippen LogP contribution >= 0.6 is 0 Å². The van der Waals surface area contributed by atoms with E-state index in [0.717, 1.165) is 38.4 Å². The zero-order valence-electron chi connectivity index (χ0n) is 20.0. The first-order valence-corrected chi connectivity index (χ1v) is 12.1. The van der Waals surface area contributed by atoms with Crippen molar-refractivity contribution in [3.63, 3.8) is 0 Å². The molecule has 0 atom stereocenters. The van der Waals surface area contributed by atoms with Crippen molar-refractivity contribution in [2.75, 3.05) is 45.4 Å². The van der Waals surface area contributed by atoms with Crippen molar-refractivity contribution < 1.29 is 18.6 Å². The number of methoxy groups -OCH3 is 1. The fraction of sp³-hybridized carbons (Fsp3) is 0.625. The maximum Gasteiger partial charge on any atom is 0.223 e. The van der Waals surface area contributed by atoms with Gasteiger partial charge in [0.05, 0.1) is 24.3 Å². The Morgan fingerprint density at radius 1 is 1.17 bits per heavy atom. The van der Waals surface area contributed by atoms with E-state index in [1.807, 2.05) is 0 Å². The Kier molecular flexibility index (Phi) is 8.74. The summed E-state index contributed by atoms with van der Waals surface area (Å²) in [6, 6.07) is 4.64. The summed E-state index contributed by atoms with van der Waals surface area (Å²) in [5.74, 6) is 0.104. The average Bonchev–Trinajstić information content (AvgIpc) is 2.90. The highest BCUT2D eigenvalue weighted by atomic mass is 19.1. The molecule has 1 saturated heterocycles. The molecule has 0 radical (unpaired) electrons. The predicted octanol–water partition coefficient (Wildman–Crippen LogP) is 2.73. The van der Waals surface area contributed by atoms with Crippen molar-refractivity contribution in [1.82, 2.24) is 25.3 Å². The Labute approximate surface area is 204 Å². The van der Waals surface area contributed by atoms with Gasteiger partial charge >= 0.3 is 0 Å². The van der Waals surface area contributed by atoms with Crippen LogP contribution in [0.3, 0.4) is 0 Å². The molecule has 1 aliphatic heterocycles. The van der Waals surface area contributed by atoms with E-state index in [1.165, 1.54) is 6.20 Å². The normalized spacial score (nSPS) is 21.7. The first kappa shape index (κ1) is 25.2. The Morgan fingerprint density at radius 2 is 1.94 bits per heavy atom. The molecule has 2 aliphatic rings. The third-order valence-corrected chi connectivity index (χ3v) is 6.57. The van der Waals surface area contributed by atoms with E-state index >= 15 is 0 Å². The molecule has 2 aromatic heterocycles. The minimum atomic E-state index is -0.614. The van der Waals surface area contributed by atoms with E-state index in [2.05, 4.69) is 36.6 Å². The number of nitrogens with zero attached hydrogens (tertiary/aromatic N) is 5. The van der Waals surface area contributed by atoms with Gasteiger partial charge in [-0.25, -0.2) is 19.3 Å². The lowest BCUT2D eigenvalue weighted by molar-refractivity contribution is 0.0183. The number of rotatable bonds is 10. The molecule has 10 nitrogen and oxygen atoms in total. The van der Waals surface area contributed by atoms with Crippen LogP contribution in [-0.4, -0.2) is 72.1 Å². The van der Waals surface area contributed by atoms with Crippen molar-refractivity contribution in [3.8, 4) is 23.5 Å². The zero-order valence-corrected chi connectivity index (χ0v) is 20.0. The lowest BCUT2D eigenvalue weighted by atomic mass is 9.83. The average molecular weight is 486 g/mol. The molecule has 0 spiro atoms. The number of aromatic nitrogens is 4. The quantitative estimate of drug-likeness (QED) is 0.485. The van der Waals surface area contributed by atoms with Gasteiger partial charge in [0.25, 0.3) is 0 Å². The summed E-state index contributed by atoms with van der Waals surface area (Å²) in [5, 5.41) is 16.4. The Bertz CT molecular complexity index is 1000. The van der Waals surface area contributed by atoms with Crippen LogP contribution in [0.5, 0.6) is 5.88 Å². The number of nitriles is 1. The van der Waals surface area contributed by atoms with E-state index in [9.17, 15) is 9.65 Å². The summed E-state index contributed by atoms with van der Waals surface area (Å²) >= 11 is 0. The lowest BCUT2D eigenvalue weighted by Gasteiger charge is -2.30. The number of nitrogens with one attached hydrogen (secondary N) is 2. The largest absolute Gasteiger partial charge is 0.476 e. The Hall–Kier alpha value is -2.94. The van der Waals surface area contributed by atoms with Gasteiger partial charge in [-0.15, -0.1) is 0 Å². The molecule has 35 heavy (non-hydrogen) atoms. The summed E-state index contributed by atoms with van der Waals surface area (Å²) in [5.41, 5.74) is -0.609. The summed E-state index contributed by atoms with van der Waals surface area (Å²) in [6.45, 7) is 2.79. The fourth-order valence-electron chi connectivity index (χ4n) is 4.38. The minimum absolute atomic E-state index is 0.00364. The smallest absolute Gasteiger partial charge is 0.223 e. The van der Waals surface area contributed by atoms with E-state index in [4.69, 9.17) is 14.2 Å². The highest BCUT2D eigenvalue weighted by Crippen LogP contribution is 2.30. The fourth-order valence-corrected chi connectivity index (χ4v) is 4.38. The molecule has 4 rings (SSSR count). The molecule has 0 bridgehead atoms. The molecule has 2 N–H and O–H groups in total. The van der Waals surface area contributed by atoms with Crippen LogP contribution in [0.2, 0.25) is 0 Å². The Balaban J connectivity index is 1.38. The van der Waals surface area contributed by atoms with Gasteiger partial charge in [-0.2, -0.15) is 10.2 Å². The molecular weight excluding hydrogens is 453 g/mol. The molecule has 3 heterocycles. The van der Waals surface area contributed by atoms with Crippen LogP contribution in [0.25, 0.3) is 11.5 Å². The van der Waals surface area contributed by atoms with Gasteiger partial charge < -0.3 is 24.8 Å². The molecule has 2 fully saturated rings. The number of anilines is 1. The summed E-state index contributed by atoms with van der Waals surface area (Å²) in [6.07, 6.45) is 7.82. The van der Waals surface area contributed by atoms with Gasteiger partial charge in [-0.05, 0) is 38.5 Å². The second-order valence-corrected chi connectivity index (χ2v) is 9.04. The summed E-state index contributed by atoms with van der Waals surface area (Å²) in [4.78, 5) is 17.0. The monoisotopic (exact) mass is 485 g/mol. The third-order valence-electron chi connectivity index (χ3n) is 6.57. The molecule has 1 saturated carbocycles. The summed E-state index contributed by atoms with van der Waals surface area (Å²) < 4.78 is 30.9. The maximum absolute atomic E-state index is 14.6. The summed E-state index contributed by atoms with van der Waals surface area (Å²) in [7, 11) is 1.70. The van der Waals surface area contributed by atoms with Crippen LogP contribution in [0.1, 0.15) is 38.5 Å². The molecule has 2 aromatic rings. The first-order valence-electron chi connectivity index (χ1n) is 12.1. The molecule has 11 heteroatoms. The molecule has 188 valence electrons. The Morgan fingerprint density at radius 3 is 2.69 bits per heavy atom. The SMILES string of the molecule is COCCNC1CCC(Nc2ncc(F)c(-c3nccc(OCC4(C#N)CCOCC4)n3)n2)CC1. The molecular formula is C24H32FN7O3. The van der Waals surface area contributed by atoms with Crippen molar-refractivity contribution in [2.45, 2.75) is 50.6 Å². The van der Waals surface area contributed by atoms with Gasteiger partial charge in [0, 0.05) is 51.2 Å². The molecule has 0 unspecified atom stereocenters. The van der Waals surface area contributed by atoms with Gasteiger partial charge in [0.2, 0.25) is 11.8 Å². The van der Waals surface area contributed by atoms with Crippen molar-refractivity contribution in [2.24, 2.45) is 5.41 Å². The van der Waals surface area contributed by atoms with Crippen molar-refractivity contribution in [1.29, 1.82) is 5.26 Å². The predicted molar refractivity (Wildman–Crippen MR) is 126 cm³/mol. The van der Waals surface area contributed by atoms with Gasteiger partial charge in [0.1, 0.15) is 12.3 Å². The topological polar surface area (TPSA) is 127 Å². The van der Waals surface area contributed by atoms with Crippen molar-refractivity contribution in [3.05, 3.63) is 24.3 Å². The van der Waals surface area contributed by atoms with Gasteiger partial charge in [-0.1, -0.05) is 0 Å². The van der Waals surface area contributed by atoms with Crippen LogP contribution in [0, 0.1) is 22.6 Å². The number of hydrogen-bond acceptors (Lipinski definition) is 10. The van der Waals surface area contributed by atoms with E-state index in [1.54, 1.807) is 13.2 Å². The number of ether oxygens (including phenoxy) is 3. The molecule has 0 aromatic carbocycles.